The molecule has 1 heterocycles. The molecule has 0 aromatic carbocycles. The van der Waals surface area contributed by atoms with Crippen molar-refractivity contribution in [2.75, 3.05) is 0 Å². The molecule has 0 saturated heterocycles. The van der Waals surface area contributed by atoms with E-state index in [1.807, 2.05) is 17.4 Å². The molecule has 2 nitrogen and oxygen atoms in total. The molecule has 0 spiro atoms. The zero-order valence-corrected chi connectivity index (χ0v) is 8.33. The lowest BCUT2D eigenvalue weighted by Gasteiger charge is -2.11. The molecule has 1 N–H and O–H groups in total. The van der Waals surface area contributed by atoms with Gasteiger partial charge in [-0.25, -0.2) is 4.98 Å². The minimum Gasteiger partial charge on any atom is -0.340 e. The largest absolute Gasteiger partial charge is 0.340 e. The minimum absolute atomic E-state index is 1.04. The lowest BCUT2D eigenvalue weighted by atomic mass is 11.0. The summed E-state index contributed by atoms with van der Waals surface area (Å²) in [6, 6.07) is 0. The Hall–Kier alpha value is -0.223. The van der Waals surface area contributed by atoms with E-state index in [0.717, 1.165) is 5.16 Å². The summed E-state index contributed by atoms with van der Waals surface area (Å²) in [5.74, 6) is 0. The van der Waals surface area contributed by atoms with Gasteiger partial charge in [-0.2, -0.15) is 0 Å². The maximum atomic E-state index is 4.14. The van der Waals surface area contributed by atoms with Gasteiger partial charge in [0.05, 0.1) is 0 Å². The van der Waals surface area contributed by atoms with Crippen molar-refractivity contribution in [2.24, 2.45) is 0 Å². The standard InChI is InChI=1S/C6H12N2SSi/c1-10(2,3)9-6-7-4-5-8-6/h4-5H,1-3H3,(H,7,8). The van der Waals surface area contributed by atoms with Crippen LogP contribution in [-0.4, -0.2) is 17.2 Å². The first-order chi connectivity index (χ1) is 4.58. The summed E-state index contributed by atoms with van der Waals surface area (Å²) < 4.78 is 0. The van der Waals surface area contributed by atoms with Crippen molar-refractivity contribution in [1.29, 1.82) is 0 Å². The van der Waals surface area contributed by atoms with E-state index in [0.29, 0.717) is 0 Å². The van der Waals surface area contributed by atoms with Gasteiger partial charge >= 0.3 is 0 Å². The van der Waals surface area contributed by atoms with E-state index in [4.69, 9.17) is 0 Å². The first kappa shape index (κ1) is 7.88. The molecule has 0 aliphatic heterocycles. The van der Waals surface area contributed by atoms with Gasteiger partial charge in [0.1, 0.15) is 7.22 Å². The molecule has 0 aliphatic rings. The van der Waals surface area contributed by atoms with Crippen LogP contribution in [0.4, 0.5) is 0 Å². The van der Waals surface area contributed by atoms with E-state index >= 15 is 0 Å². The average molecular weight is 172 g/mol. The van der Waals surface area contributed by atoms with Crippen LogP contribution in [-0.2, 0) is 0 Å². The van der Waals surface area contributed by atoms with Crippen molar-refractivity contribution in [3.63, 3.8) is 0 Å². The molecule has 1 rings (SSSR count). The van der Waals surface area contributed by atoms with Gasteiger partial charge in [-0.05, 0) is 0 Å². The van der Waals surface area contributed by atoms with E-state index in [1.165, 1.54) is 0 Å². The highest BCUT2D eigenvalue weighted by Gasteiger charge is 2.15. The van der Waals surface area contributed by atoms with Gasteiger partial charge in [0.15, 0.2) is 5.16 Å². The fourth-order valence-corrected chi connectivity index (χ4v) is 3.49. The molecule has 0 unspecified atom stereocenters. The van der Waals surface area contributed by atoms with E-state index in [9.17, 15) is 0 Å². The number of H-pyrrole nitrogens is 1. The third-order valence-electron chi connectivity index (χ3n) is 0.876. The molecule has 1 aromatic heterocycles. The fourth-order valence-electron chi connectivity index (χ4n) is 0.597. The summed E-state index contributed by atoms with van der Waals surface area (Å²) in [7, 11) is -1.04. The van der Waals surface area contributed by atoms with E-state index in [-0.39, 0.29) is 0 Å². The third kappa shape index (κ3) is 2.58. The van der Waals surface area contributed by atoms with Crippen LogP contribution in [0.5, 0.6) is 0 Å². The maximum Gasteiger partial charge on any atom is 0.159 e. The molecule has 10 heavy (non-hydrogen) atoms. The molecule has 0 aliphatic carbocycles. The van der Waals surface area contributed by atoms with Crippen LogP contribution in [0.1, 0.15) is 0 Å². The van der Waals surface area contributed by atoms with Gasteiger partial charge < -0.3 is 4.98 Å². The molecular formula is C6H12N2SSi. The van der Waals surface area contributed by atoms with Gasteiger partial charge in [0, 0.05) is 12.4 Å². The summed E-state index contributed by atoms with van der Waals surface area (Å²) >= 11 is 1.88. The predicted molar refractivity (Wildman–Crippen MR) is 47.8 cm³/mol. The van der Waals surface area contributed by atoms with E-state index in [1.54, 1.807) is 6.20 Å². The number of nitrogens with one attached hydrogen (secondary N) is 1. The van der Waals surface area contributed by atoms with Crippen LogP contribution in [0, 0.1) is 0 Å². The van der Waals surface area contributed by atoms with Crippen LogP contribution < -0.4 is 0 Å². The highest BCUT2D eigenvalue weighted by molar-refractivity contribution is 8.28. The zero-order chi connectivity index (χ0) is 7.61. The number of rotatable bonds is 2. The topological polar surface area (TPSA) is 28.7 Å². The van der Waals surface area contributed by atoms with Crippen molar-refractivity contribution in [3.8, 4) is 0 Å². The van der Waals surface area contributed by atoms with Gasteiger partial charge in [-0.3, -0.25) is 0 Å². The van der Waals surface area contributed by atoms with Crippen molar-refractivity contribution >= 4 is 18.4 Å². The molecule has 0 bridgehead atoms. The van der Waals surface area contributed by atoms with E-state index in [2.05, 4.69) is 29.6 Å². The Kier molecular flexibility index (Phi) is 2.20. The van der Waals surface area contributed by atoms with Crippen molar-refractivity contribution in [3.05, 3.63) is 12.4 Å². The fraction of sp³-hybridized carbons (Fsp3) is 0.500. The van der Waals surface area contributed by atoms with Crippen LogP contribution in [0.2, 0.25) is 19.6 Å². The molecule has 0 amide bonds. The minimum atomic E-state index is -1.04. The normalized spacial score (nSPS) is 11.9. The predicted octanol–water partition coefficient (Wildman–Crippen LogP) is 2.34. The first-order valence-corrected chi connectivity index (χ1v) is 8.30. The Morgan fingerprint density at radius 3 is 2.60 bits per heavy atom. The van der Waals surface area contributed by atoms with E-state index < -0.39 is 7.22 Å². The quantitative estimate of drug-likeness (QED) is 0.694. The first-order valence-electron chi connectivity index (χ1n) is 3.26. The van der Waals surface area contributed by atoms with Gasteiger partial charge in [-0.15, -0.1) is 11.2 Å². The number of hydrogen-bond donors (Lipinski definition) is 1. The Morgan fingerprint density at radius 2 is 2.20 bits per heavy atom. The van der Waals surface area contributed by atoms with Gasteiger partial charge in [-0.1, -0.05) is 19.6 Å². The molecule has 0 radical (unpaired) electrons. The molecular weight excluding hydrogens is 160 g/mol. The Labute approximate surface area is 66.1 Å². The molecule has 0 fully saturated rings. The summed E-state index contributed by atoms with van der Waals surface area (Å²) in [6.07, 6.45) is 3.66. The zero-order valence-electron chi connectivity index (χ0n) is 6.51. The number of aromatic nitrogens is 2. The Balaban J connectivity index is 2.57. The molecule has 56 valence electrons. The second kappa shape index (κ2) is 2.80. The van der Waals surface area contributed by atoms with Crippen molar-refractivity contribution in [1.82, 2.24) is 9.97 Å². The lowest BCUT2D eigenvalue weighted by molar-refractivity contribution is 1.07. The summed E-state index contributed by atoms with van der Waals surface area (Å²) in [4.78, 5) is 7.22. The maximum absolute atomic E-state index is 4.14. The summed E-state index contributed by atoms with van der Waals surface area (Å²) in [5, 5.41) is 1.05. The summed E-state index contributed by atoms with van der Waals surface area (Å²) in [6.45, 7) is 6.92. The smallest absolute Gasteiger partial charge is 0.159 e. The van der Waals surface area contributed by atoms with Crippen LogP contribution in [0.15, 0.2) is 17.6 Å². The second-order valence-corrected chi connectivity index (χ2v) is 12.2. The second-order valence-electron chi connectivity index (χ2n) is 3.11. The Morgan fingerprint density at radius 1 is 1.50 bits per heavy atom. The molecule has 0 atom stereocenters. The van der Waals surface area contributed by atoms with Crippen LogP contribution in [0.25, 0.3) is 0 Å². The number of nitrogens with zero attached hydrogens (tertiary/aromatic N) is 1. The average Bonchev–Trinajstić information content (AvgIpc) is 2.12. The van der Waals surface area contributed by atoms with Crippen molar-refractivity contribution in [2.45, 2.75) is 24.8 Å². The van der Waals surface area contributed by atoms with Gasteiger partial charge in [0.25, 0.3) is 0 Å². The highest BCUT2D eigenvalue weighted by atomic mass is 32.4. The van der Waals surface area contributed by atoms with Gasteiger partial charge in [0.2, 0.25) is 0 Å². The van der Waals surface area contributed by atoms with Crippen LogP contribution in [0.3, 0.4) is 0 Å². The third-order valence-corrected chi connectivity index (χ3v) is 4.32. The Bertz CT molecular complexity index is 190. The number of hydrogen-bond acceptors (Lipinski definition) is 2. The van der Waals surface area contributed by atoms with Crippen LogP contribution >= 0.6 is 11.2 Å². The molecule has 0 saturated carbocycles. The number of aromatic amines is 1. The lowest BCUT2D eigenvalue weighted by Crippen LogP contribution is -2.13. The number of imidazole rings is 1. The molecule has 1 aromatic rings. The monoisotopic (exact) mass is 172 g/mol. The molecule has 4 heteroatoms. The SMILES string of the molecule is C[Si](C)(C)Sc1ncc[nH]1. The summed E-state index contributed by atoms with van der Waals surface area (Å²) in [5.41, 5.74) is 0. The highest BCUT2D eigenvalue weighted by Crippen LogP contribution is 2.25. The van der Waals surface area contributed by atoms with Crippen molar-refractivity contribution < 1.29 is 0 Å².